The van der Waals surface area contributed by atoms with E-state index in [4.69, 9.17) is 23.7 Å². The minimum Gasteiger partial charge on any atom is -0.459 e. The van der Waals surface area contributed by atoms with Gasteiger partial charge in [-0.3, -0.25) is 14.4 Å². The fourth-order valence-corrected chi connectivity index (χ4v) is 12.5. The van der Waals surface area contributed by atoms with Crippen LogP contribution in [0.25, 0.3) is 5.57 Å². The molecule has 4 aliphatic heterocycles. The zero-order valence-electron chi connectivity index (χ0n) is 47.1. The number of halogens is 1. The number of nitrogens with one attached hydrogen (secondary N) is 1. The highest BCUT2D eigenvalue weighted by atomic mass is 19.1. The Balaban J connectivity index is 1.39. The third kappa shape index (κ3) is 14.7. The maximum atomic E-state index is 14.6. The average Bonchev–Trinajstić information content (AvgIpc) is 3.36. The normalized spacial score (nSPS) is 39.9. The molecule has 4 heterocycles. The number of benzene rings is 1. The number of hydrogen-bond donors (Lipinski definition) is 7. The fraction of sp³-hybridized carbons (Fsp3) is 0.804. The Labute approximate surface area is 445 Å². The highest BCUT2D eigenvalue weighted by Crippen LogP contribution is 2.45. The first-order valence-electron chi connectivity index (χ1n) is 27.2. The summed E-state index contributed by atoms with van der Waals surface area (Å²) >= 11 is 0. The van der Waals surface area contributed by atoms with Crippen LogP contribution in [0.1, 0.15) is 132 Å². The van der Waals surface area contributed by atoms with Gasteiger partial charge < -0.3 is 74.3 Å². The fourth-order valence-electron chi connectivity index (χ4n) is 12.5. The second kappa shape index (κ2) is 26.2. The number of hydrogen-bond acceptors (Lipinski definition) is 16. The third-order valence-electron chi connectivity index (χ3n) is 17.3. The second-order valence-electron chi connectivity index (χ2n) is 23.4. The molecule has 18 nitrogen and oxygen atoms in total. The molecule has 75 heavy (non-hydrogen) atoms. The Hall–Kier alpha value is -3.18. The molecule has 0 saturated carbocycles. The van der Waals surface area contributed by atoms with Gasteiger partial charge in [0, 0.05) is 71.1 Å². The lowest BCUT2D eigenvalue weighted by Crippen LogP contribution is -2.62. The zero-order chi connectivity index (χ0) is 56.1. The number of rotatable bonds is 14. The van der Waals surface area contributed by atoms with Crippen molar-refractivity contribution in [1.82, 2.24) is 20.0 Å². The molecule has 2 amide bonds. The lowest BCUT2D eigenvalue weighted by Gasteiger charge is -2.51. The number of methoxy groups -OCH3 is 1. The van der Waals surface area contributed by atoms with Crippen LogP contribution in [0.4, 0.5) is 4.39 Å². The van der Waals surface area contributed by atoms with E-state index >= 15 is 0 Å². The number of carbonyl (C=O) groups excluding carboxylic acids is 3. The standard InChI is InChI=1S/C56H93FN4O14/c1-15-44-56(11,70)49(66)35(6)60(13)30-31(2)27-54(9,69)51(33(4)46(34(5)52(68)74-44)43-28-55(10,71-14)50(67)36(7)73-43)75-53-48(65)42(26-32(3)72-53)59(12)23-22-45(63)58-41(29-57)47(64)40-18-16-38(17-19-40)39-20-24-61(25-21-39)37(8)62/h16-20,31-36,41-44,46-51,53,64-67,69-70H,15,21-30H2,1-14H3,(H,58,63)/t31-,32-,33+,34-,35-,36+,41-,42+,43-,44-,46?,47-,48-,49-,50+,51-,53+,54-,55-,56-/m1/s1. The van der Waals surface area contributed by atoms with Crippen LogP contribution >= 0.6 is 0 Å². The molecule has 428 valence electrons. The van der Waals surface area contributed by atoms with E-state index in [9.17, 15) is 49.4 Å². The number of aliphatic hydroxyl groups is 6. The van der Waals surface area contributed by atoms with Gasteiger partial charge in [0.05, 0.1) is 47.6 Å². The van der Waals surface area contributed by atoms with E-state index in [1.807, 2.05) is 55.8 Å². The van der Waals surface area contributed by atoms with Gasteiger partial charge in [-0.2, -0.15) is 0 Å². The van der Waals surface area contributed by atoms with E-state index in [0.29, 0.717) is 38.0 Å². The van der Waals surface area contributed by atoms with Crippen LogP contribution in [-0.2, 0) is 38.1 Å². The van der Waals surface area contributed by atoms with Crippen LogP contribution in [0.15, 0.2) is 30.3 Å². The Bertz CT molecular complexity index is 2060. The van der Waals surface area contributed by atoms with E-state index in [-0.39, 0.29) is 44.1 Å². The quantitative estimate of drug-likeness (QED) is 0.131. The highest BCUT2D eigenvalue weighted by molar-refractivity contribution is 5.77. The van der Waals surface area contributed by atoms with Crippen LogP contribution in [0, 0.1) is 23.7 Å². The molecule has 5 rings (SSSR count). The minimum atomic E-state index is -1.85. The maximum absolute atomic E-state index is 14.6. The topological polar surface area (TPSA) is 240 Å². The van der Waals surface area contributed by atoms with Crippen LogP contribution < -0.4 is 5.32 Å². The predicted molar refractivity (Wildman–Crippen MR) is 281 cm³/mol. The molecule has 1 aromatic carbocycles. The Morgan fingerprint density at radius 2 is 1.65 bits per heavy atom. The number of amides is 2. The number of esters is 1. The number of aliphatic hydroxyl groups excluding tert-OH is 4. The van der Waals surface area contributed by atoms with Gasteiger partial charge in [-0.05, 0) is 110 Å². The Morgan fingerprint density at radius 3 is 2.23 bits per heavy atom. The van der Waals surface area contributed by atoms with Gasteiger partial charge in [0.15, 0.2) is 6.29 Å². The van der Waals surface area contributed by atoms with Crippen molar-refractivity contribution < 1.29 is 73.1 Å². The maximum Gasteiger partial charge on any atom is 0.309 e. The smallest absolute Gasteiger partial charge is 0.309 e. The van der Waals surface area contributed by atoms with Gasteiger partial charge in [-0.25, -0.2) is 4.39 Å². The second-order valence-corrected chi connectivity index (χ2v) is 23.4. The molecule has 0 radical (unpaired) electrons. The van der Waals surface area contributed by atoms with Crippen molar-refractivity contribution in [3.05, 3.63) is 41.5 Å². The molecule has 20 atom stereocenters. The summed E-state index contributed by atoms with van der Waals surface area (Å²) in [7, 11) is 5.07. The van der Waals surface area contributed by atoms with Crippen LogP contribution in [-0.4, -0.2) is 207 Å². The first-order valence-corrected chi connectivity index (χ1v) is 27.2. The molecule has 4 aliphatic rings. The molecule has 1 aromatic rings. The molecular formula is C56H93FN4O14. The molecule has 7 N–H and O–H groups in total. The summed E-state index contributed by atoms with van der Waals surface area (Å²) in [5.41, 5.74) is -2.17. The number of alkyl halides is 1. The van der Waals surface area contributed by atoms with E-state index in [1.54, 1.807) is 72.5 Å². The first-order chi connectivity index (χ1) is 35.0. The van der Waals surface area contributed by atoms with Crippen molar-refractivity contribution in [3.63, 3.8) is 0 Å². The monoisotopic (exact) mass is 1060 g/mol. The third-order valence-corrected chi connectivity index (χ3v) is 17.3. The minimum absolute atomic E-state index is 0.0152. The van der Waals surface area contributed by atoms with Gasteiger partial charge in [0.1, 0.15) is 42.8 Å². The number of carbonyl (C=O) groups is 3. The lowest BCUT2D eigenvalue weighted by atomic mass is 9.68. The Kier molecular flexibility index (Phi) is 21.9. The summed E-state index contributed by atoms with van der Waals surface area (Å²) in [5.74, 6) is -3.93. The van der Waals surface area contributed by atoms with Crippen molar-refractivity contribution in [2.24, 2.45) is 23.7 Å². The van der Waals surface area contributed by atoms with Crippen molar-refractivity contribution in [3.8, 4) is 0 Å². The van der Waals surface area contributed by atoms with Gasteiger partial charge in [0.25, 0.3) is 0 Å². The van der Waals surface area contributed by atoms with E-state index in [1.165, 1.54) is 14.0 Å². The van der Waals surface area contributed by atoms with Crippen LogP contribution in [0.3, 0.4) is 0 Å². The van der Waals surface area contributed by atoms with E-state index in [0.717, 1.165) is 11.1 Å². The molecule has 0 spiro atoms. The van der Waals surface area contributed by atoms with Crippen LogP contribution in [0.5, 0.6) is 0 Å². The average molecular weight is 1070 g/mol. The summed E-state index contributed by atoms with van der Waals surface area (Å²) in [5, 5.41) is 73.9. The molecule has 1 unspecified atom stereocenters. The van der Waals surface area contributed by atoms with Gasteiger partial charge in [-0.15, -0.1) is 0 Å². The van der Waals surface area contributed by atoms with Gasteiger partial charge in [-0.1, -0.05) is 58.0 Å². The first kappa shape index (κ1) is 62.7. The largest absolute Gasteiger partial charge is 0.459 e. The van der Waals surface area contributed by atoms with Crippen LogP contribution in [0.2, 0.25) is 0 Å². The van der Waals surface area contributed by atoms with E-state index in [2.05, 4.69) is 5.32 Å². The number of likely N-dealkylation sites (N-methyl/N-ethyl adjacent to an activating group) is 2. The van der Waals surface area contributed by atoms with Crippen molar-refractivity contribution in [2.45, 2.75) is 211 Å². The summed E-state index contributed by atoms with van der Waals surface area (Å²) in [4.78, 5) is 45.3. The highest BCUT2D eigenvalue weighted by Gasteiger charge is 2.55. The van der Waals surface area contributed by atoms with Gasteiger partial charge in [0.2, 0.25) is 11.8 Å². The van der Waals surface area contributed by atoms with Crippen molar-refractivity contribution in [2.75, 3.05) is 54.1 Å². The molecule has 3 saturated heterocycles. The van der Waals surface area contributed by atoms with Gasteiger partial charge >= 0.3 is 5.97 Å². The molecule has 0 bridgehead atoms. The lowest BCUT2D eigenvalue weighted by molar-refractivity contribution is -0.302. The predicted octanol–water partition coefficient (Wildman–Crippen LogP) is 3.76. The summed E-state index contributed by atoms with van der Waals surface area (Å²) < 4.78 is 46.5. The summed E-state index contributed by atoms with van der Waals surface area (Å²) in [6.45, 7) is 19.7. The van der Waals surface area contributed by atoms with E-state index < -0.39 is 132 Å². The SMILES string of the molecule is CC[C@H]1OC(=O)[C@H](C)C([C@H]2C[C@@](C)(OC)[C@@H](O)[C@H](C)O2)[C@H](C)[C@@H](O[C@@H]2O[C@H](C)C[C@H](N(C)CCC(=O)N[C@H](CF)[C@H](O)c3ccc(C4=CCN(C(C)=O)CC4)cc3)[C@H]2O)[C@](C)(O)C[C@@H](C)CN(C)[C@H](C)[C@@H](O)[C@]1(C)O. The Morgan fingerprint density at radius 1 is 1.00 bits per heavy atom. The van der Waals surface area contributed by atoms with Crippen molar-refractivity contribution in [1.29, 1.82) is 0 Å². The molecule has 3 fully saturated rings. The summed E-state index contributed by atoms with van der Waals surface area (Å²) in [6.07, 6.45) is -7.11. The molecular weight excluding hydrogens is 972 g/mol. The number of ether oxygens (including phenoxy) is 5. The zero-order valence-corrected chi connectivity index (χ0v) is 47.1. The number of nitrogens with zero attached hydrogens (tertiary/aromatic N) is 3. The molecule has 0 aliphatic carbocycles. The molecule has 0 aromatic heterocycles. The number of cyclic esters (lactones) is 1. The molecule has 19 heteroatoms. The summed E-state index contributed by atoms with van der Waals surface area (Å²) in [6, 6.07) is 4.66. The van der Waals surface area contributed by atoms with Crippen molar-refractivity contribution >= 4 is 23.4 Å².